The van der Waals surface area contributed by atoms with Gasteiger partial charge in [-0.1, -0.05) is 18.2 Å². The van der Waals surface area contributed by atoms with Gasteiger partial charge in [-0.25, -0.2) is 4.79 Å². The number of halogens is 4. The smallest absolute Gasteiger partial charge is 0.341 e. The number of anilines is 4. The molecular weight excluding hydrogens is 357 g/mol. The Kier molecular flexibility index (Phi) is 4.22. The molecule has 0 bridgehead atoms. The van der Waals surface area contributed by atoms with Crippen molar-refractivity contribution >= 4 is 40.4 Å². The van der Waals surface area contributed by atoms with Crippen molar-refractivity contribution in [1.29, 1.82) is 0 Å². The van der Waals surface area contributed by atoms with E-state index in [0.29, 0.717) is 11.5 Å². The summed E-state index contributed by atoms with van der Waals surface area (Å²) < 4.78 is 38.5. The largest absolute Gasteiger partial charge is 0.417 e. The third-order valence-corrected chi connectivity index (χ3v) is 3.71. The minimum Gasteiger partial charge on any atom is -0.341 e. The van der Waals surface area contributed by atoms with Crippen LogP contribution in [0.25, 0.3) is 0 Å². The van der Waals surface area contributed by atoms with Gasteiger partial charge in [0.2, 0.25) is 0 Å². The highest BCUT2D eigenvalue weighted by Gasteiger charge is 2.33. The molecule has 2 aromatic rings. The van der Waals surface area contributed by atoms with Crippen LogP contribution in [0.4, 0.5) is 40.7 Å². The first-order valence-electron chi connectivity index (χ1n) is 7.04. The lowest BCUT2D eigenvalue weighted by Gasteiger charge is -2.12. The normalized spacial score (nSPS) is 12.9. The number of nitrogens with one attached hydrogen (secondary N) is 4. The van der Waals surface area contributed by atoms with Crippen LogP contribution in [0.2, 0.25) is 5.02 Å². The second kappa shape index (κ2) is 6.21. The fourth-order valence-electron chi connectivity index (χ4n) is 2.30. The molecule has 2 aromatic carbocycles. The van der Waals surface area contributed by atoms with E-state index in [-0.39, 0.29) is 5.69 Å². The lowest BCUT2D eigenvalue weighted by molar-refractivity contribution is -0.137. The van der Waals surface area contributed by atoms with Gasteiger partial charge in [-0.2, -0.15) is 13.2 Å². The third kappa shape index (κ3) is 3.80. The number of hydrogen-bond donors (Lipinski definition) is 4. The van der Waals surface area contributed by atoms with Crippen LogP contribution in [0, 0.1) is 0 Å². The lowest BCUT2D eigenvalue weighted by atomic mass is 10.2. The number of carbonyl (C=O) groups excluding carboxylic acids is 1. The summed E-state index contributed by atoms with van der Waals surface area (Å²) >= 11 is 5.54. The van der Waals surface area contributed by atoms with Gasteiger partial charge in [0.1, 0.15) is 5.82 Å². The van der Waals surface area contributed by atoms with E-state index in [1.807, 2.05) is 0 Å². The molecule has 0 aliphatic carbocycles. The lowest BCUT2D eigenvalue weighted by Crippen LogP contribution is -2.20. The monoisotopic (exact) mass is 368 g/mol. The van der Waals surface area contributed by atoms with Gasteiger partial charge in [0.15, 0.2) is 0 Å². The molecule has 0 atom stereocenters. The van der Waals surface area contributed by atoms with E-state index in [9.17, 15) is 18.0 Å². The molecule has 1 aliphatic rings. The van der Waals surface area contributed by atoms with Crippen molar-refractivity contribution in [2.45, 2.75) is 6.18 Å². The van der Waals surface area contributed by atoms with E-state index < -0.39 is 22.8 Å². The zero-order valence-corrected chi connectivity index (χ0v) is 13.3. The van der Waals surface area contributed by atoms with E-state index in [2.05, 4.69) is 27.8 Å². The molecule has 4 N–H and O–H groups in total. The summed E-state index contributed by atoms with van der Waals surface area (Å²) in [5.41, 5.74) is 0.962. The highest BCUT2D eigenvalue weighted by atomic mass is 35.5. The summed E-state index contributed by atoms with van der Waals surface area (Å²) in [4.78, 5) is 12.0. The molecule has 0 spiro atoms. The summed E-state index contributed by atoms with van der Waals surface area (Å²) in [5, 5.41) is 10.4. The summed E-state index contributed by atoms with van der Waals surface area (Å²) in [5.74, 6) is 0.609. The minimum atomic E-state index is -4.60. The highest BCUT2D eigenvalue weighted by Crippen LogP contribution is 2.36. The molecule has 0 saturated heterocycles. The van der Waals surface area contributed by atoms with Crippen molar-refractivity contribution in [1.82, 2.24) is 0 Å². The second-order valence-electron chi connectivity index (χ2n) is 5.26. The first-order chi connectivity index (χ1) is 11.7. The Morgan fingerprint density at radius 3 is 2.28 bits per heavy atom. The van der Waals surface area contributed by atoms with Crippen molar-refractivity contribution in [3.8, 4) is 0 Å². The van der Waals surface area contributed by atoms with Gasteiger partial charge in [-0.05, 0) is 36.4 Å². The molecule has 1 aliphatic heterocycles. The number of hydrogen-bond acceptors (Lipinski definition) is 3. The minimum absolute atomic E-state index is 0.0245. The average molecular weight is 369 g/mol. The summed E-state index contributed by atoms with van der Waals surface area (Å²) in [7, 11) is 0. The Balaban J connectivity index is 1.71. The first-order valence-corrected chi connectivity index (χ1v) is 7.42. The summed E-state index contributed by atoms with van der Waals surface area (Å²) in [6.45, 7) is 3.73. The number of fused-ring (bicyclic) bond motifs is 1. The molecule has 0 unspecified atom stereocenters. The Hall–Kier alpha value is -2.87. The van der Waals surface area contributed by atoms with Gasteiger partial charge in [-0.15, -0.1) is 0 Å². The molecule has 0 fully saturated rings. The van der Waals surface area contributed by atoms with Crippen molar-refractivity contribution in [3.05, 3.63) is 59.4 Å². The standard InChI is InChI=1S/C16H12ClF3N4O/c1-8-21-13-5-3-10(7-14(13)22-8)24-15(25)23-9-2-4-12(17)11(6-9)16(18,19)20/h2-7,21-22H,1H2,(H2,23,24,25). The fraction of sp³-hybridized carbons (Fsp3) is 0.0625. The maximum atomic E-state index is 12.8. The Bertz CT molecular complexity index is 867. The van der Waals surface area contributed by atoms with Crippen LogP contribution in [0.1, 0.15) is 5.56 Å². The van der Waals surface area contributed by atoms with Gasteiger partial charge in [0, 0.05) is 11.4 Å². The summed E-state index contributed by atoms with van der Waals surface area (Å²) in [6, 6.07) is 7.52. The number of rotatable bonds is 2. The number of amides is 2. The topological polar surface area (TPSA) is 65.2 Å². The maximum Gasteiger partial charge on any atom is 0.417 e. The van der Waals surface area contributed by atoms with E-state index in [1.165, 1.54) is 6.07 Å². The van der Waals surface area contributed by atoms with E-state index in [1.54, 1.807) is 18.2 Å². The molecule has 0 saturated carbocycles. The molecular formula is C16H12ClF3N4O. The van der Waals surface area contributed by atoms with E-state index >= 15 is 0 Å². The van der Waals surface area contributed by atoms with Gasteiger partial charge in [-0.3, -0.25) is 0 Å². The summed E-state index contributed by atoms with van der Waals surface area (Å²) in [6.07, 6.45) is -4.60. The Morgan fingerprint density at radius 2 is 1.60 bits per heavy atom. The average Bonchev–Trinajstić information content (AvgIpc) is 2.87. The van der Waals surface area contributed by atoms with Crippen LogP contribution >= 0.6 is 11.6 Å². The number of alkyl halides is 3. The number of benzene rings is 2. The Morgan fingerprint density at radius 1 is 1.00 bits per heavy atom. The molecule has 1 heterocycles. The molecule has 2 amide bonds. The Labute approximate surface area is 145 Å². The second-order valence-corrected chi connectivity index (χ2v) is 5.67. The fourth-order valence-corrected chi connectivity index (χ4v) is 2.53. The van der Waals surface area contributed by atoms with Gasteiger partial charge >= 0.3 is 12.2 Å². The zero-order valence-electron chi connectivity index (χ0n) is 12.6. The SMILES string of the molecule is C=C1Nc2ccc(NC(=O)Nc3ccc(Cl)c(C(F)(F)F)c3)cc2N1. The molecule has 5 nitrogen and oxygen atoms in total. The van der Waals surface area contributed by atoms with Crippen molar-refractivity contribution < 1.29 is 18.0 Å². The van der Waals surface area contributed by atoms with Crippen LogP contribution < -0.4 is 21.3 Å². The van der Waals surface area contributed by atoms with Crippen LogP contribution in [-0.2, 0) is 6.18 Å². The van der Waals surface area contributed by atoms with Crippen LogP contribution in [0.3, 0.4) is 0 Å². The molecule has 3 rings (SSSR count). The van der Waals surface area contributed by atoms with Gasteiger partial charge in [0.05, 0.1) is 22.0 Å². The van der Waals surface area contributed by atoms with Crippen LogP contribution in [-0.4, -0.2) is 6.03 Å². The molecule has 130 valence electrons. The predicted molar refractivity (Wildman–Crippen MR) is 91.9 cm³/mol. The van der Waals surface area contributed by atoms with Gasteiger partial charge < -0.3 is 21.3 Å². The van der Waals surface area contributed by atoms with E-state index in [4.69, 9.17) is 11.6 Å². The molecule has 0 radical (unpaired) electrons. The number of carbonyl (C=O) groups is 1. The van der Waals surface area contributed by atoms with Crippen molar-refractivity contribution in [2.24, 2.45) is 0 Å². The van der Waals surface area contributed by atoms with E-state index in [0.717, 1.165) is 23.5 Å². The van der Waals surface area contributed by atoms with Crippen LogP contribution in [0.5, 0.6) is 0 Å². The molecule has 9 heteroatoms. The predicted octanol–water partition coefficient (Wildman–Crippen LogP) is 5.31. The van der Waals surface area contributed by atoms with Gasteiger partial charge in [0.25, 0.3) is 0 Å². The quantitative estimate of drug-likeness (QED) is 0.580. The molecule has 0 aromatic heterocycles. The first kappa shape index (κ1) is 17.0. The molecule has 25 heavy (non-hydrogen) atoms. The maximum absolute atomic E-state index is 12.8. The third-order valence-electron chi connectivity index (χ3n) is 3.38. The zero-order chi connectivity index (χ0) is 18.2. The van der Waals surface area contributed by atoms with Crippen LogP contribution in [0.15, 0.2) is 48.8 Å². The van der Waals surface area contributed by atoms with Crippen molar-refractivity contribution in [2.75, 3.05) is 21.3 Å². The highest BCUT2D eigenvalue weighted by molar-refractivity contribution is 6.31. The number of urea groups is 1. The van der Waals surface area contributed by atoms with Crippen molar-refractivity contribution in [3.63, 3.8) is 0 Å².